The predicted octanol–water partition coefficient (Wildman–Crippen LogP) is 4.82. The molecule has 2 aliphatic carbocycles. The molecule has 2 aliphatic heterocycles. The quantitative estimate of drug-likeness (QED) is 0.542. The van der Waals surface area contributed by atoms with E-state index >= 15 is 0 Å². The Balaban J connectivity index is 1.31. The first-order chi connectivity index (χ1) is 18.7. The summed E-state index contributed by atoms with van der Waals surface area (Å²) in [5.41, 5.74) is 6.24. The molecule has 4 heterocycles. The Hall–Kier alpha value is -1.88. The highest BCUT2D eigenvalue weighted by Crippen LogP contribution is 2.47. The van der Waals surface area contributed by atoms with Crippen LogP contribution in [0.25, 0.3) is 5.52 Å². The second-order valence-corrected chi connectivity index (χ2v) is 12.8. The van der Waals surface area contributed by atoms with Gasteiger partial charge >= 0.3 is 11.9 Å². The van der Waals surface area contributed by atoms with E-state index in [2.05, 4.69) is 34.6 Å². The zero-order valence-electron chi connectivity index (χ0n) is 23.2. The molecule has 2 saturated carbocycles. The highest BCUT2D eigenvalue weighted by Gasteiger charge is 2.44. The molecule has 0 amide bonds. The number of halogens is 3. The van der Waals surface area contributed by atoms with Gasteiger partial charge in [-0.15, -0.1) is 0 Å². The summed E-state index contributed by atoms with van der Waals surface area (Å²) in [5.74, 6) is 2.10. The molecule has 4 aliphatic rings. The van der Waals surface area contributed by atoms with Crippen LogP contribution in [0, 0.1) is 23.7 Å². The lowest BCUT2D eigenvalue weighted by molar-refractivity contribution is -0.136. The lowest BCUT2D eigenvalue weighted by Gasteiger charge is -2.46. The minimum atomic E-state index is -4.52. The molecular formula is C29H43F3N6O. The molecule has 6 rings (SSSR count). The first-order valence-corrected chi connectivity index (χ1v) is 14.9. The summed E-state index contributed by atoms with van der Waals surface area (Å²) in [6, 6.07) is 1.19. The summed E-state index contributed by atoms with van der Waals surface area (Å²) in [5, 5.41) is 0. The van der Waals surface area contributed by atoms with E-state index < -0.39 is 11.7 Å². The molecule has 0 radical (unpaired) electrons. The average Bonchev–Trinajstić information content (AvgIpc) is 3.43. The molecule has 2 saturated heterocycles. The lowest BCUT2D eigenvalue weighted by Crippen LogP contribution is -2.50. The molecule has 216 valence electrons. The van der Waals surface area contributed by atoms with Crippen LogP contribution in [-0.2, 0) is 12.7 Å². The minimum absolute atomic E-state index is 0.0256. The van der Waals surface area contributed by atoms with Gasteiger partial charge in [-0.25, -0.2) is 15.6 Å². The van der Waals surface area contributed by atoms with E-state index in [0.29, 0.717) is 35.8 Å². The number of pyridine rings is 1. The van der Waals surface area contributed by atoms with Gasteiger partial charge in [-0.05, 0) is 81.0 Å². The van der Waals surface area contributed by atoms with Gasteiger partial charge in [-0.1, -0.05) is 32.6 Å². The largest absolute Gasteiger partial charge is 0.418 e. The number of nitrogens with zero attached hydrogens (tertiary/aromatic N) is 4. The number of likely N-dealkylation sites (tertiary alicyclic amines) is 1. The van der Waals surface area contributed by atoms with Crippen molar-refractivity contribution in [2.75, 3.05) is 26.8 Å². The summed E-state index contributed by atoms with van der Waals surface area (Å²) < 4.78 is 45.7. The number of hydrogen-bond acceptors (Lipinski definition) is 5. The Morgan fingerprint density at radius 2 is 1.82 bits per heavy atom. The van der Waals surface area contributed by atoms with Crippen LogP contribution in [0.2, 0.25) is 0 Å². The van der Waals surface area contributed by atoms with E-state index in [9.17, 15) is 18.0 Å². The Labute approximate surface area is 228 Å². The van der Waals surface area contributed by atoms with Crippen LogP contribution in [0.1, 0.15) is 81.9 Å². The molecule has 7 nitrogen and oxygen atoms in total. The van der Waals surface area contributed by atoms with Gasteiger partial charge in [0, 0.05) is 31.5 Å². The molecule has 0 bridgehead atoms. The van der Waals surface area contributed by atoms with Gasteiger partial charge in [0.25, 0.3) is 0 Å². The summed E-state index contributed by atoms with van der Waals surface area (Å²) in [4.78, 5) is 18.2. The Kier molecular flexibility index (Phi) is 7.58. The van der Waals surface area contributed by atoms with Crippen molar-refractivity contribution >= 4 is 5.52 Å². The Morgan fingerprint density at radius 1 is 1.05 bits per heavy atom. The fourth-order valence-electron chi connectivity index (χ4n) is 7.93. The van der Waals surface area contributed by atoms with Crippen molar-refractivity contribution in [1.82, 2.24) is 29.6 Å². The number of hydrazine groups is 1. The van der Waals surface area contributed by atoms with Crippen LogP contribution in [0.5, 0.6) is 0 Å². The maximum atomic E-state index is 14.3. The van der Waals surface area contributed by atoms with Crippen molar-refractivity contribution in [1.29, 1.82) is 0 Å². The van der Waals surface area contributed by atoms with Crippen LogP contribution in [-0.4, -0.2) is 51.7 Å². The predicted molar refractivity (Wildman–Crippen MR) is 145 cm³/mol. The number of fused-ring (bicyclic) bond motifs is 1. The van der Waals surface area contributed by atoms with Gasteiger partial charge in [0.1, 0.15) is 0 Å². The molecule has 3 unspecified atom stereocenters. The van der Waals surface area contributed by atoms with E-state index in [4.69, 9.17) is 0 Å². The monoisotopic (exact) mass is 548 g/mol. The minimum Gasteiger partial charge on any atom is -0.299 e. The number of alkyl halides is 3. The van der Waals surface area contributed by atoms with E-state index in [1.807, 2.05) is 0 Å². The highest BCUT2D eigenvalue weighted by molar-refractivity contribution is 5.56. The number of piperidine rings is 1. The fourth-order valence-corrected chi connectivity index (χ4v) is 7.93. The summed E-state index contributed by atoms with van der Waals surface area (Å²) >= 11 is 0. The van der Waals surface area contributed by atoms with Gasteiger partial charge in [0.05, 0.1) is 23.9 Å². The third kappa shape index (κ3) is 5.42. The van der Waals surface area contributed by atoms with Crippen LogP contribution in [0.15, 0.2) is 23.3 Å². The Bertz CT molecular complexity index is 1220. The van der Waals surface area contributed by atoms with Crippen molar-refractivity contribution in [3.05, 3.63) is 40.1 Å². The van der Waals surface area contributed by atoms with Crippen molar-refractivity contribution in [3.63, 3.8) is 0 Å². The standard InChI is InChI=1S/C29H43F3N6O/c1-19-6-5-11-36(14-19)15-20-12-24(29(30,31)32)25-17-37(28(39)38(25)16-20)23-10-4-9-22(13-23)26(21-7-3-8-21)27-34-33-18-35(27)2/h12,16-17,19,21-23,26-27,33-34H,3-11,13-15,18H2,1-2H3/t19-,22?,23?,26+,27?/m0/s1. The number of hydrogen-bond donors (Lipinski definition) is 2. The topological polar surface area (TPSA) is 57.0 Å². The van der Waals surface area contributed by atoms with E-state index in [1.54, 1.807) is 10.8 Å². The normalized spacial score (nSPS) is 30.6. The molecule has 0 aromatic carbocycles. The molecule has 39 heavy (non-hydrogen) atoms. The maximum absolute atomic E-state index is 14.3. The van der Waals surface area contributed by atoms with Crippen molar-refractivity contribution < 1.29 is 13.2 Å². The average molecular weight is 549 g/mol. The van der Waals surface area contributed by atoms with E-state index in [1.165, 1.54) is 35.9 Å². The van der Waals surface area contributed by atoms with Crippen molar-refractivity contribution in [2.24, 2.45) is 23.7 Å². The van der Waals surface area contributed by atoms with Gasteiger partial charge in [0.2, 0.25) is 0 Å². The summed E-state index contributed by atoms with van der Waals surface area (Å²) in [6.07, 6.45) is 8.59. The lowest BCUT2D eigenvalue weighted by atomic mass is 9.65. The van der Waals surface area contributed by atoms with Crippen LogP contribution >= 0.6 is 0 Å². The third-order valence-electron chi connectivity index (χ3n) is 10.0. The smallest absolute Gasteiger partial charge is 0.299 e. The number of rotatable bonds is 6. The van der Waals surface area contributed by atoms with Crippen LogP contribution in [0.4, 0.5) is 13.2 Å². The van der Waals surface area contributed by atoms with Crippen molar-refractivity contribution in [2.45, 2.75) is 89.6 Å². The molecule has 10 heteroatoms. The molecule has 5 atom stereocenters. The van der Waals surface area contributed by atoms with Gasteiger partial charge in [-0.3, -0.25) is 18.8 Å². The SMILES string of the molecule is C[C@H]1CCCN(Cc2cc(C(F)(F)F)c3cn(C4CCCC([C@@H](C5CCC5)C5NNCN5C)C4)c(=O)n3c2)C1. The molecule has 0 spiro atoms. The number of nitrogens with one attached hydrogen (secondary N) is 2. The molecule has 2 aromatic heterocycles. The van der Waals surface area contributed by atoms with Crippen molar-refractivity contribution in [3.8, 4) is 0 Å². The van der Waals surface area contributed by atoms with E-state index in [-0.39, 0.29) is 23.4 Å². The Morgan fingerprint density at radius 3 is 2.49 bits per heavy atom. The third-order valence-corrected chi connectivity index (χ3v) is 10.0. The second-order valence-electron chi connectivity index (χ2n) is 12.8. The zero-order valence-corrected chi connectivity index (χ0v) is 23.2. The van der Waals surface area contributed by atoms with Gasteiger partial charge < -0.3 is 0 Å². The fraction of sp³-hybridized carbons (Fsp3) is 0.759. The number of aromatic nitrogens is 2. The van der Waals surface area contributed by atoms with Crippen LogP contribution in [0.3, 0.4) is 0 Å². The summed E-state index contributed by atoms with van der Waals surface area (Å²) in [6.45, 7) is 5.18. The molecular weight excluding hydrogens is 505 g/mol. The number of imidazole rings is 1. The second kappa shape index (κ2) is 10.8. The van der Waals surface area contributed by atoms with E-state index in [0.717, 1.165) is 58.3 Å². The molecule has 2 N–H and O–H groups in total. The summed E-state index contributed by atoms with van der Waals surface area (Å²) in [7, 11) is 2.13. The molecule has 4 fully saturated rings. The van der Waals surface area contributed by atoms with Gasteiger partial charge in [-0.2, -0.15) is 13.2 Å². The first kappa shape index (κ1) is 27.3. The van der Waals surface area contributed by atoms with Gasteiger partial charge in [0.15, 0.2) is 0 Å². The maximum Gasteiger partial charge on any atom is 0.418 e. The molecule has 2 aromatic rings. The van der Waals surface area contributed by atoms with Crippen LogP contribution < -0.4 is 16.5 Å². The highest BCUT2D eigenvalue weighted by atomic mass is 19.4. The zero-order chi connectivity index (χ0) is 27.3. The first-order valence-electron chi connectivity index (χ1n) is 14.9.